The lowest BCUT2D eigenvalue weighted by Gasteiger charge is -2.27. The van der Waals surface area contributed by atoms with Crippen molar-refractivity contribution in [3.63, 3.8) is 0 Å². The molecular formula is C14H23NO2. The first-order chi connectivity index (χ1) is 8.11. The number of ether oxygens (including phenoxy) is 1. The third kappa shape index (κ3) is 2.78. The van der Waals surface area contributed by atoms with Crippen molar-refractivity contribution < 1.29 is 9.53 Å². The molecule has 0 saturated heterocycles. The Labute approximate surface area is 103 Å². The van der Waals surface area contributed by atoms with Crippen LogP contribution in [0.4, 0.5) is 0 Å². The average molecular weight is 237 g/mol. The summed E-state index contributed by atoms with van der Waals surface area (Å²) in [6.07, 6.45) is 4.50. The maximum atomic E-state index is 11.4. The van der Waals surface area contributed by atoms with E-state index in [2.05, 4.69) is 6.58 Å². The minimum atomic E-state index is 0.119. The van der Waals surface area contributed by atoms with Crippen molar-refractivity contribution in [1.82, 2.24) is 0 Å². The second-order valence-electron chi connectivity index (χ2n) is 5.59. The van der Waals surface area contributed by atoms with E-state index in [4.69, 9.17) is 10.5 Å². The molecule has 2 N–H and O–H groups in total. The van der Waals surface area contributed by atoms with E-state index in [1.807, 2.05) is 0 Å². The number of Topliss-reactive ketones (excluding diaryl/α,β-unsaturated/α-hetero) is 1. The molecule has 0 radical (unpaired) electrons. The molecule has 4 unspecified atom stereocenters. The predicted octanol–water partition coefficient (Wildman–Crippen LogP) is 1.91. The van der Waals surface area contributed by atoms with Crippen LogP contribution in [0.15, 0.2) is 12.2 Å². The van der Waals surface area contributed by atoms with E-state index < -0.39 is 0 Å². The van der Waals surface area contributed by atoms with Gasteiger partial charge in [0.2, 0.25) is 0 Å². The van der Waals surface area contributed by atoms with Crippen LogP contribution in [0.2, 0.25) is 0 Å². The van der Waals surface area contributed by atoms with Crippen LogP contribution in [-0.4, -0.2) is 25.0 Å². The predicted molar refractivity (Wildman–Crippen MR) is 67.6 cm³/mol. The standard InChI is InChI=1S/C14H23NO2/c1-9(2)13(16)3-4-17-14-7-10-5-11(14)6-12(10)8-15/h10-12,14H,1,3-8,15H2,2H3. The Balaban J connectivity index is 1.70. The molecule has 3 heteroatoms. The number of hydrogen-bond donors (Lipinski definition) is 1. The Morgan fingerprint density at radius 2 is 2.12 bits per heavy atom. The van der Waals surface area contributed by atoms with Gasteiger partial charge in [-0.05, 0) is 56.1 Å². The average Bonchev–Trinajstić information content (AvgIpc) is 2.87. The number of carbonyl (C=O) groups is 1. The van der Waals surface area contributed by atoms with Gasteiger partial charge in [0.25, 0.3) is 0 Å². The highest BCUT2D eigenvalue weighted by Gasteiger charge is 2.45. The van der Waals surface area contributed by atoms with Gasteiger partial charge in [0.1, 0.15) is 0 Å². The van der Waals surface area contributed by atoms with Gasteiger partial charge < -0.3 is 10.5 Å². The Bertz CT molecular complexity index is 313. The summed E-state index contributed by atoms with van der Waals surface area (Å²) in [6, 6.07) is 0. The quantitative estimate of drug-likeness (QED) is 0.718. The van der Waals surface area contributed by atoms with Crippen LogP contribution in [0.1, 0.15) is 32.6 Å². The molecule has 3 nitrogen and oxygen atoms in total. The summed E-state index contributed by atoms with van der Waals surface area (Å²) in [5.41, 5.74) is 6.37. The van der Waals surface area contributed by atoms with Crippen molar-refractivity contribution in [2.45, 2.75) is 38.7 Å². The summed E-state index contributed by atoms with van der Waals surface area (Å²) < 4.78 is 5.85. The van der Waals surface area contributed by atoms with Gasteiger partial charge in [-0.15, -0.1) is 0 Å². The highest BCUT2D eigenvalue weighted by molar-refractivity contribution is 5.94. The summed E-state index contributed by atoms with van der Waals surface area (Å²) in [5, 5.41) is 0. The Morgan fingerprint density at radius 1 is 1.35 bits per heavy atom. The fourth-order valence-corrected chi connectivity index (χ4v) is 3.35. The van der Waals surface area contributed by atoms with Crippen LogP contribution in [-0.2, 0) is 9.53 Å². The van der Waals surface area contributed by atoms with Crippen LogP contribution in [0.5, 0.6) is 0 Å². The van der Waals surface area contributed by atoms with Crippen molar-refractivity contribution >= 4 is 5.78 Å². The molecule has 2 rings (SSSR count). The van der Waals surface area contributed by atoms with E-state index in [0.29, 0.717) is 30.6 Å². The molecule has 0 aromatic heterocycles. The van der Waals surface area contributed by atoms with Crippen molar-refractivity contribution in [2.75, 3.05) is 13.2 Å². The molecule has 4 atom stereocenters. The molecule has 0 heterocycles. The highest BCUT2D eigenvalue weighted by atomic mass is 16.5. The zero-order valence-corrected chi connectivity index (χ0v) is 10.7. The first-order valence-corrected chi connectivity index (χ1v) is 6.62. The van der Waals surface area contributed by atoms with E-state index in [-0.39, 0.29) is 5.78 Å². The maximum absolute atomic E-state index is 11.4. The zero-order chi connectivity index (χ0) is 12.4. The molecule has 17 heavy (non-hydrogen) atoms. The van der Waals surface area contributed by atoms with Gasteiger partial charge in [-0.2, -0.15) is 0 Å². The number of ketones is 1. The van der Waals surface area contributed by atoms with Crippen molar-refractivity contribution in [2.24, 2.45) is 23.5 Å². The van der Waals surface area contributed by atoms with Crippen molar-refractivity contribution in [3.8, 4) is 0 Å². The summed E-state index contributed by atoms with van der Waals surface area (Å²) in [4.78, 5) is 11.4. The first kappa shape index (κ1) is 12.8. The second-order valence-corrected chi connectivity index (χ2v) is 5.59. The first-order valence-electron chi connectivity index (χ1n) is 6.62. The molecule has 2 fully saturated rings. The molecule has 0 aromatic carbocycles. The van der Waals surface area contributed by atoms with Gasteiger partial charge in [0.15, 0.2) is 5.78 Å². The van der Waals surface area contributed by atoms with Crippen LogP contribution in [0.3, 0.4) is 0 Å². The minimum Gasteiger partial charge on any atom is -0.377 e. The van der Waals surface area contributed by atoms with Gasteiger partial charge in [-0.1, -0.05) is 6.58 Å². The Morgan fingerprint density at radius 3 is 2.65 bits per heavy atom. The molecule has 0 aromatic rings. The van der Waals surface area contributed by atoms with E-state index in [1.165, 1.54) is 12.8 Å². The zero-order valence-electron chi connectivity index (χ0n) is 10.7. The lowest BCUT2D eigenvalue weighted by molar-refractivity contribution is -0.117. The summed E-state index contributed by atoms with van der Waals surface area (Å²) in [7, 11) is 0. The molecule has 2 saturated carbocycles. The summed E-state index contributed by atoms with van der Waals surface area (Å²) in [5.74, 6) is 2.30. The smallest absolute Gasteiger partial charge is 0.160 e. The second kappa shape index (κ2) is 5.32. The fourth-order valence-electron chi connectivity index (χ4n) is 3.35. The number of nitrogens with two attached hydrogens (primary N) is 1. The van der Waals surface area contributed by atoms with Crippen molar-refractivity contribution in [3.05, 3.63) is 12.2 Å². The maximum Gasteiger partial charge on any atom is 0.160 e. The van der Waals surface area contributed by atoms with Gasteiger partial charge in [0.05, 0.1) is 12.7 Å². The molecule has 2 aliphatic carbocycles. The molecular weight excluding hydrogens is 214 g/mol. The number of carbonyl (C=O) groups excluding carboxylic acids is 1. The topological polar surface area (TPSA) is 52.3 Å². The van der Waals surface area contributed by atoms with Crippen LogP contribution < -0.4 is 5.73 Å². The van der Waals surface area contributed by atoms with Gasteiger partial charge in [-0.3, -0.25) is 4.79 Å². The van der Waals surface area contributed by atoms with E-state index in [9.17, 15) is 4.79 Å². The fraction of sp³-hybridized carbons (Fsp3) is 0.786. The van der Waals surface area contributed by atoms with Gasteiger partial charge in [0, 0.05) is 6.42 Å². The highest BCUT2D eigenvalue weighted by Crippen LogP contribution is 2.49. The molecule has 2 aliphatic rings. The molecule has 0 amide bonds. The van der Waals surface area contributed by atoms with E-state index >= 15 is 0 Å². The third-order valence-electron chi connectivity index (χ3n) is 4.38. The van der Waals surface area contributed by atoms with Gasteiger partial charge in [-0.25, -0.2) is 0 Å². The van der Waals surface area contributed by atoms with E-state index in [0.717, 1.165) is 24.8 Å². The van der Waals surface area contributed by atoms with Crippen molar-refractivity contribution in [1.29, 1.82) is 0 Å². The third-order valence-corrected chi connectivity index (χ3v) is 4.38. The minimum absolute atomic E-state index is 0.119. The number of allylic oxidation sites excluding steroid dienone is 1. The summed E-state index contributed by atoms with van der Waals surface area (Å²) >= 11 is 0. The molecule has 0 aliphatic heterocycles. The van der Waals surface area contributed by atoms with Gasteiger partial charge >= 0.3 is 0 Å². The number of fused-ring (bicyclic) bond motifs is 2. The number of rotatable bonds is 6. The lowest BCUT2D eigenvalue weighted by Crippen LogP contribution is -2.29. The normalized spacial score (nSPS) is 35.2. The summed E-state index contributed by atoms with van der Waals surface area (Å²) in [6.45, 7) is 6.77. The van der Waals surface area contributed by atoms with Crippen LogP contribution in [0.25, 0.3) is 0 Å². The van der Waals surface area contributed by atoms with E-state index in [1.54, 1.807) is 6.92 Å². The monoisotopic (exact) mass is 237 g/mol. The Kier molecular flexibility index (Phi) is 4.00. The number of hydrogen-bond acceptors (Lipinski definition) is 3. The SMILES string of the molecule is C=C(C)C(=O)CCOC1CC2CC1CC2CN. The largest absolute Gasteiger partial charge is 0.377 e. The van der Waals surface area contributed by atoms with Crippen LogP contribution >= 0.6 is 0 Å². The Hall–Kier alpha value is -0.670. The molecule has 2 bridgehead atoms. The molecule has 0 spiro atoms. The van der Waals surface area contributed by atoms with Crippen LogP contribution in [0, 0.1) is 17.8 Å². The molecule has 96 valence electrons. The lowest BCUT2D eigenvalue weighted by atomic mass is 9.87.